The summed E-state index contributed by atoms with van der Waals surface area (Å²) >= 11 is 0. The molecule has 4 rings (SSSR count). The van der Waals surface area contributed by atoms with Gasteiger partial charge in [-0.05, 0) is 43.0 Å². The van der Waals surface area contributed by atoms with Crippen molar-refractivity contribution in [2.75, 3.05) is 13.6 Å². The monoisotopic (exact) mass is 593 g/mol. The summed E-state index contributed by atoms with van der Waals surface area (Å²) in [6.45, 7) is 0.0490. The van der Waals surface area contributed by atoms with Crippen molar-refractivity contribution in [3.63, 3.8) is 0 Å². The molecule has 0 aliphatic heterocycles. The maximum absolute atomic E-state index is 14.8. The van der Waals surface area contributed by atoms with Gasteiger partial charge in [0.2, 0.25) is 21.8 Å². The average Bonchev–Trinajstić information content (AvgIpc) is 3.01. The average molecular weight is 594 g/mol. The molecule has 1 unspecified atom stereocenters. The Labute approximate surface area is 248 Å². The zero-order valence-corrected chi connectivity index (χ0v) is 24.9. The number of sulfonamides is 1. The largest absolute Gasteiger partial charge is 0.352 e. The second-order valence-electron chi connectivity index (χ2n) is 10.9. The Morgan fingerprint density at radius 1 is 0.905 bits per heavy atom. The number of nitrogens with zero attached hydrogens (tertiary/aromatic N) is 2. The second-order valence-corrected chi connectivity index (χ2v) is 13.0. The van der Waals surface area contributed by atoms with Crippen molar-refractivity contribution in [3.8, 4) is 0 Å². The van der Waals surface area contributed by atoms with Crippen LogP contribution in [0, 0.1) is 5.82 Å². The predicted octanol–water partition coefficient (Wildman–Crippen LogP) is 5.32. The van der Waals surface area contributed by atoms with E-state index in [2.05, 4.69) is 5.32 Å². The standard InChI is InChI=1S/C33H40FN3O4S/c1-36(42(40,41)29-19-9-4-10-20-29)23-13-22-32(38)37(25-27-16-11-12-21-30(27)34)31(24-26-14-5-2-6-15-26)33(39)35-28-17-7-3-8-18-28/h2,4-6,9-12,14-16,19-21,28,31H,3,7-8,13,17-18,22-25H2,1H3,(H,35,39). The summed E-state index contributed by atoms with van der Waals surface area (Å²) in [5.41, 5.74) is 1.21. The molecular weight excluding hydrogens is 553 g/mol. The Hall–Kier alpha value is -3.56. The Kier molecular flexibility index (Phi) is 11.3. The molecule has 224 valence electrons. The fraction of sp³-hybridized carbons (Fsp3) is 0.394. The van der Waals surface area contributed by atoms with Gasteiger partial charge in [0.05, 0.1) is 4.90 Å². The van der Waals surface area contributed by atoms with Gasteiger partial charge in [-0.15, -0.1) is 0 Å². The minimum absolute atomic E-state index is 0.00506. The van der Waals surface area contributed by atoms with E-state index in [0.29, 0.717) is 5.56 Å². The van der Waals surface area contributed by atoms with Gasteiger partial charge in [0.1, 0.15) is 11.9 Å². The lowest BCUT2D eigenvalue weighted by atomic mass is 9.94. The van der Waals surface area contributed by atoms with Gasteiger partial charge in [0, 0.05) is 44.6 Å². The lowest BCUT2D eigenvalue weighted by molar-refractivity contribution is -0.141. The number of hydrogen-bond acceptors (Lipinski definition) is 4. The van der Waals surface area contributed by atoms with Crippen LogP contribution in [0.25, 0.3) is 0 Å². The normalized spacial score (nSPS) is 14.8. The van der Waals surface area contributed by atoms with Crippen molar-refractivity contribution in [2.45, 2.75) is 74.9 Å². The number of carbonyl (C=O) groups excluding carboxylic acids is 2. The molecule has 1 saturated carbocycles. The smallest absolute Gasteiger partial charge is 0.243 e. The molecule has 1 N–H and O–H groups in total. The third-order valence-corrected chi connectivity index (χ3v) is 9.71. The minimum Gasteiger partial charge on any atom is -0.352 e. The van der Waals surface area contributed by atoms with Crippen molar-refractivity contribution >= 4 is 21.8 Å². The Morgan fingerprint density at radius 3 is 2.19 bits per heavy atom. The molecule has 7 nitrogen and oxygen atoms in total. The highest BCUT2D eigenvalue weighted by Gasteiger charge is 2.32. The van der Waals surface area contributed by atoms with E-state index in [0.717, 1.165) is 37.7 Å². The number of benzene rings is 3. The van der Waals surface area contributed by atoms with Gasteiger partial charge in [0.15, 0.2) is 0 Å². The first-order chi connectivity index (χ1) is 20.3. The zero-order valence-electron chi connectivity index (χ0n) is 24.1. The van der Waals surface area contributed by atoms with Crippen LogP contribution in [0.2, 0.25) is 0 Å². The molecule has 3 aromatic carbocycles. The van der Waals surface area contributed by atoms with Gasteiger partial charge in [-0.25, -0.2) is 17.1 Å². The molecule has 1 aliphatic carbocycles. The molecule has 0 spiro atoms. The summed E-state index contributed by atoms with van der Waals surface area (Å²) in [5, 5.41) is 3.17. The van der Waals surface area contributed by atoms with Gasteiger partial charge in [0.25, 0.3) is 0 Å². The van der Waals surface area contributed by atoms with Crippen molar-refractivity contribution in [3.05, 3.63) is 102 Å². The summed E-state index contributed by atoms with van der Waals surface area (Å²) in [7, 11) is -2.22. The summed E-state index contributed by atoms with van der Waals surface area (Å²) < 4.78 is 41.9. The van der Waals surface area contributed by atoms with Crippen LogP contribution in [0.3, 0.4) is 0 Å². The third-order valence-electron chi connectivity index (χ3n) is 7.84. The van der Waals surface area contributed by atoms with E-state index in [9.17, 15) is 22.4 Å². The van der Waals surface area contributed by atoms with Crippen LogP contribution < -0.4 is 5.32 Å². The SMILES string of the molecule is CN(CCCC(=O)N(Cc1ccccc1F)C(Cc1ccccc1)C(=O)NC1CCCCC1)S(=O)(=O)c1ccccc1. The second kappa shape index (κ2) is 15.1. The van der Waals surface area contributed by atoms with Crippen molar-refractivity contribution in [2.24, 2.45) is 0 Å². The molecule has 0 heterocycles. The van der Waals surface area contributed by atoms with E-state index in [1.54, 1.807) is 36.4 Å². The molecule has 0 saturated heterocycles. The van der Waals surface area contributed by atoms with Crippen molar-refractivity contribution in [1.82, 2.24) is 14.5 Å². The fourth-order valence-corrected chi connectivity index (χ4v) is 6.63. The topological polar surface area (TPSA) is 86.8 Å². The fourth-order valence-electron chi connectivity index (χ4n) is 5.40. The van der Waals surface area contributed by atoms with E-state index in [1.165, 1.54) is 34.5 Å². The highest BCUT2D eigenvalue weighted by atomic mass is 32.2. The van der Waals surface area contributed by atoms with Crippen LogP contribution in [0.4, 0.5) is 4.39 Å². The van der Waals surface area contributed by atoms with E-state index < -0.39 is 21.9 Å². The van der Waals surface area contributed by atoms with Gasteiger partial charge >= 0.3 is 0 Å². The minimum atomic E-state index is -3.70. The number of amides is 2. The van der Waals surface area contributed by atoms with Crippen LogP contribution in [0.5, 0.6) is 0 Å². The Balaban J connectivity index is 1.55. The van der Waals surface area contributed by atoms with Gasteiger partial charge in [-0.3, -0.25) is 9.59 Å². The number of hydrogen-bond donors (Lipinski definition) is 1. The predicted molar refractivity (Wildman–Crippen MR) is 161 cm³/mol. The molecule has 0 radical (unpaired) electrons. The number of rotatable bonds is 13. The maximum atomic E-state index is 14.8. The molecule has 3 aromatic rings. The number of nitrogens with one attached hydrogen (secondary N) is 1. The molecule has 0 aromatic heterocycles. The summed E-state index contributed by atoms with van der Waals surface area (Å²) in [4.78, 5) is 29.3. The zero-order chi connectivity index (χ0) is 30.0. The van der Waals surface area contributed by atoms with E-state index in [1.807, 2.05) is 30.3 Å². The quantitative estimate of drug-likeness (QED) is 0.291. The van der Waals surface area contributed by atoms with Crippen LogP contribution in [0.1, 0.15) is 56.1 Å². The highest BCUT2D eigenvalue weighted by molar-refractivity contribution is 7.89. The van der Waals surface area contributed by atoms with Crippen LogP contribution >= 0.6 is 0 Å². The first-order valence-corrected chi connectivity index (χ1v) is 16.1. The molecule has 2 amide bonds. The molecule has 1 fully saturated rings. The summed E-state index contributed by atoms with van der Waals surface area (Å²) in [6.07, 6.45) is 5.56. The third kappa shape index (κ3) is 8.49. The first kappa shape index (κ1) is 31.4. The van der Waals surface area contributed by atoms with Gasteiger partial charge in [-0.1, -0.05) is 86.0 Å². The molecule has 1 atom stereocenters. The van der Waals surface area contributed by atoms with Crippen LogP contribution in [-0.4, -0.2) is 55.1 Å². The summed E-state index contributed by atoms with van der Waals surface area (Å²) in [6, 6.07) is 23.1. The molecule has 42 heavy (non-hydrogen) atoms. The Bertz CT molecular complexity index is 1410. The van der Waals surface area contributed by atoms with Crippen LogP contribution in [-0.2, 0) is 32.6 Å². The molecule has 9 heteroatoms. The molecular formula is C33H40FN3O4S. The first-order valence-electron chi connectivity index (χ1n) is 14.6. The van der Waals surface area contributed by atoms with E-state index in [-0.39, 0.29) is 55.1 Å². The highest BCUT2D eigenvalue weighted by Crippen LogP contribution is 2.21. The van der Waals surface area contributed by atoms with Crippen molar-refractivity contribution in [1.29, 1.82) is 0 Å². The van der Waals surface area contributed by atoms with Crippen molar-refractivity contribution < 1.29 is 22.4 Å². The van der Waals surface area contributed by atoms with Crippen LogP contribution in [0.15, 0.2) is 89.8 Å². The lowest BCUT2D eigenvalue weighted by Gasteiger charge is -2.33. The Morgan fingerprint density at radius 2 is 1.52 bits per heavy atom. The maximum Gasteiger partial charge on any atom is 0.243 e. The molecule has 1 aliphatic rings. The van der Waals surface area contributed by atoms with Gasteiger partial charge in [-0.2, -0.15) is 0 Å². The number of halogens is 1. The van der Waals surface area contributed by atoms with Gasteiger partial charge < -0.3 is 10.2 Å². The summed E-state index contributed by atoms with van der Waals surface area (Å²) in [5.74, 6) is -1.03. The van der Waals surface area contributed by atoms with E-state index in [4.69, 9.17) is 0 Å². The van der Waals surface area contributed by atoms with E-state index >= 15 is 0 Å². The lowest BCUT2D eigenvalue weighted by Crippen LogP contribution is -2.53. The number of carbonyl (C=O) groups is 2. The molecule has 0 bridgehead atoms.